The Hall–Kier alpha value is -1.99. The van der Waals surface area contributed by atoms with Crippen LogP contribution in [0, 0.1) is 5.92 Å². The van der Waals surface area contributed by atoms with E-state index in [0.29, 0.717) is 35.8 Å². The smallest absolute Gasteiger partial charge is 0.256 e. The lowest BCUT2D eigenvalue weighted by Crippen LogP contribution is -2.54. The quantitative estimate of drug-likeness (QED) is 0.885. The summed E-state index contributed by atoms with van der Waals surface area (Å²) in [6, 6.07) is 5.05. The molecule has 25 heavy (non-hydrogen) atoms. The van der Waals surface area contributed by atoms with Crippen LogP contribution in [-0.2, 0) is 0 Å². The molecular weight excluding hydrogens is 342 g/mol. The van der Waals surface area contributed by atoms with Crippen LogP contribution in [0.1, 0.15) is 42.5 Å². The number of benzene rings is 1. The summed E-state index contributed by atoms with van der Waals surface area (Å²) < 4.78 is 0. The lowest BCUT2D eigenvalue weighted by molar-refractivity contribution is -0.0886. The number of likely N-dealkylation sites (tertiary alicyclic amines) is 1. The van der Waals surface area contributed by atoms with Crippen molar-refractivity contribution in [1.29, 1.82) is 0 Å². The molecular formula is C17H20ClN5O2. The van der Waals surface area contributed by atoms with Crippen LogP contribution < -0.4 is 0 Å². The summed E-state index contributed by atoms with van der Waals surface area (Å²) in [7, 11) is 0. The molecule has 7 nitrogen and oxygen atoms in total. The maximum absolute atomic E-state index is 13.1. The predicted molar refractivity (Wildman–Crippen MR) is 91.6 cm³/mol. The Balaban J connectivity index is 1.62. The number of amides is 1. The van der Waals surface area contributed by atoms with E-state index in [1.807, 2.05) is 4.90 Å². The van der Waals surface area contributed by atoms with Gasteiger partial charge < -0.3 is 10.0 Å². The third-order valence-electron chi connectivity index (χ3n) is 5.47. The highest BCUT2D eigenvalue weighted by Gasteiger charge is 2.44. The Morgan fingerprint density at radius 3 is 3.00 bits per heavy atom. The van der Waals surface area contributed by atoms with Gasteiger partial charge in [-0.05, 0) is 42.7 Å². The van der Waals surface area contributed by atoms with Crippen molar-refractivity contribution >= 4 is 17.5 Å². The van der Waals surface area contributed by atoms with Crippen molar-refractivity contribution in [3.05, 3.63) is 35.1 Å². The Morgan fingerprint density at radius 1 is 1.32 bits per heavy atom. The minimum atomic E-state index is -0.606. The molecule has 1 aromatic carbocycles. The molecule has 2 heterocycles. The number of aliphatic hydroxyl groups is 1. The number of carbonyl (C=O) groups excluding carboxylic acids is 1. The highest BCUT2D eigenvalue weighted by molar-refractivity contribution is 6.31. The third kappa shape index (κ3) is 3.02. The molecule has 2 aromatic rings. The van der Waals surface area contributed by atoms with E-state index in [1.54, 1.807) is 18.2 Å². The lowest BCUT2D eigenvalue weighted by Gasteiger charge is -2.47. The van der Waals surface area contributed by atoms with Crippen molar-refractivity contribution in [2.24, 2.45) is 5.92 Å². The summed E-state index contributed by atoms with van der Waals surface area (Å²) in [6.07, 6.45) is 5.95. The maximum Gasteiger partial charge on any atom is 0.256 e. The zero-order chi connectivity index (χ0) is 17.4. The van der Waals surface area contributed by atoms with Crippen LogP contribution in [-0.4, -0.2) is 54.8 Å². The molecule has 1 N–H and O–H groups in total. The number of piperidine rings is 1. The highest BCUT2D eigenvalue weighted by atomic mass is 35.5. The number of hydrogen-bond donors (Lipinski definition) is 1. The molecule has 1 aliphatic carbocycles. The van der Waals surface area contributed by atoms with Crippen LogP contribution in [0.4, 0.5) is 0 Å². The molecule has 0 spiro atoms. The second kappa shape index (κ2) is 6.38. The SMILES string of the molecule is O=C(c1ccc(Cl)cc1-n1ncnn1)N1CC[C@@]2(O)CCCC[C@H]2C1. The molecule has 1 saturated heterocycles. The average molecular weight is 362 g/mol. The first-order chi connectivity index (χ1) is 12.1. The molecule has 0 unspecified atom stereocenters. The first kappa shape index (κ1) is 16.5. The summed E-state index contributed by atoms with van der Waals surface area (Å²) >= 11 is 6.09. The third-order valence-corrected chi connectivity index (χ3v) is 5.70. The molecule has 0 bridgehead atoms. The van der Waals surface area contributed by atoms with Gasteiger partial charge in [0.2, 0.25) is 0 Å². The average Bonchev–Trinajstić information content (AvgIpc) is 3.15. The Morgan fingerprint density at radius 2 is 2.20 bits per heavy atom. The van der Waals surface area contributed by atoms with E-state index >= 15 is 0 Å². The zero-order valence-electron chi connectivity index (χ0n) is 13.8. The molecule has 2 aliphatic rings. The summed E-state index contributed by atoms with van der Waals surface area (Å²) in [5.74, 6) is 0.0655. The molecule has 1 saturated carbocycles. The predicted octanol–water partition coefficient (Wildman–Crippen LogP) is 2.08. The number of nitrogens with zero attached hydrogens (tertiary/aromatic N) is 5. The molecule has 2 fully saturated rings. The fourth-order valence-electron chi connectivity index (χ4n) is 4.05. The largest absolute Gasteiger partial charge is 0.389 e. The van der Waals surface area contributed by atoms with Crippen molar-refractivity contribution in [3.63, 3.8) is 0 Å². The van der Waals surface area contributed by atoms with E-state index in [1.165, 1.54) is 11.1 Å². The van der Waals surface area contributed by atoms with Crippen molar-refractivity contribution < 1.29 is 9.90 Å². The molecule has 0 radical (unpaired) electrons. The first-order valence-corrected chi connectivity index (χ1v) is 8.99. The maximum atomic E-state index is 13.1. The van der Waals surface area contributed by atoms with Crippen molar-refractivity contribution in [1.82, 2.24) is 25.1 Å². The number of carbonyl (C=O) groups is 1. The van der Waals surface area contributed by atoms with Crippen LogP contribution in [0.5, 0.6) is 0 Å². The molecule has 2 atom stereocenters. The number of tetrazole rings is 1. The van der Waals surface area contributed by atoms with Crippen LogP contribution in [0.25, 0.3) is 5.69 Å². The summed E-state index contributed by atoms with van der Waals surface area (Å²) in [5.41, 5.74) is 0.397. The topological polar surface area (TPSA) is 84.1 Å². The van der Waals surface area contributed by atoms with Gasteiger partial charge in [0.15, 0.2) is 6.33 Å². The number of rotatable bonds is 2. The summed E-state index contributed by atoms with van der Waals surface area (Å²) in [5, 5.41) is 22.9. The number of halogens is 1. The first-order valence-electron chi connectivity index (χ1n) is 8.61. The van der Waals surface area contributed by atoms with Gasteiger partial charge in [-0.3, -0.25) is 4.79 Å². The van der Waals surface area contributed by atoms with Crippen molar-refractivity contribution in [2.75, 3.05) is 13.1 Å². The monoisotopic (exact) mass is 361 g/mol. The molecule has 8 heteroatoms. The van der Waals surface area contributed by atoms with Gasteiger partial charge in [-0.2, -0.15) is 0 Å². The van der Waals surface area contributed by atoms with E-state index in [9.17, 15) is 9.90 Å². The van der Waals surface area contributed by atoms with Crippen LogP contribution >= 0.6 is 11.6 Å². The highest BCUT2D eigenvalue weighted by Crippen LogP contribution is 2.40. The van der Waals surface area contributed by atoms with Gasteiger partial charge >= 0.3 is 0 Å². The Labute approximate surface area is 150 Å². The number of aromatic nitrogens is 4. The fraction of sp³-hybridized carbons (Fsp3) is 0.529. The Bertz CT molecular complexity index is 781. The lowest BCUT2D eigenvalue weighted by atomic mass is 9.71. The zero-order valence-corrected chi connectivity index (χ0v) is 14.6. The molecule has 1 aliphatic heterocycles. The van der Waals surface area contributed by atoms with Gasteiger partial charge in [0, 0.05) is 24.0 Å². The van der Waals surface area contributed by atoms with E-state index < -0.39 is 5.60 Å². The minimum absolute atomic E-state index is 0.0865. The van der Waals surface area contributed by atoms with Crippen LogP contribution in [0.3, 0.4) is 0 Å². The van der Waals surface area contributed by atoms with Crippen molar-refractivity contribution in [2.45, 2.75) is 37.7 Å². The van der Waals surface area contributed by atoms with Gasteiger partial charge in [0.05, 0.1) is 11.2 Å². The minimum Gasteiger partial charge on any atom is -0.389 e. The van der Waals surface area contributed by atoms with Crippen LogP contribution in [0.2, 0.25) is 5.02 Å². The standard InChI is InChI=1S/C17H20ClN5O2/c18-13-4-5-14(15(9-13)23-20-11-19-21-23)16(24)22-8-7-17(25)6-2-1-3-12(17)10-22/h4-5,9,11-12,25H,1-3,6-8,10H2/t12-,17-/m0/s1. The molecule has 132 valence electrons. The van der Waals surface area contributed by atoms with E-state index in [-0.39, 0.29) is 11.8 Å². The molecule has 1 aromatic heterocycles. The fourth-order valence-corrected chi connectivity index (χ4v) is 4.22. The van der Waals surface area contributed by atoms with Gasteiger partial charge in [-0.1, -0.05) is 24.4 Å². The summed E-state index contributed by atoms with van der Waals surface area (Å²) in [4.78, 5) is 16.3. The van der Waals surface area contributed by atoms with Gasteiger partial charge in [0.25, 0.3) is 5.91 Å². The van der Waals surface area contributed by atoms with Crippen molar-refractivity contribution in [3.8, 4) is 5.69 Å². The molecule has 4 rings (SSSR count). The van der Waals surface area contributed by atoms with Crippen LogP contribution in [0.15, 0.2) is 24.5 Å². The number of fused-ring (bicyclic) bond motifs is 1. The van der Waals surface area contributed by atoms with E-state index in [2.05, 4.69) is 15.4 Å². The van der Waals surface area contributed by atoms with Gasteiger partial charge in [0.1, 0.15) is 5.69 Å². The second-order valence-corrected chi connectivity index (χ2v) is 7.37. The van der Waals surface area contributed by atoms with E-state index in [4.69, 9.17) is 11.6 Å². The Kier molecular flexibility index (Phi) is 4.21. The molecule has 1 amide bonds. The normalized spacial score (nSPS) is 26.3. The van der Waals surface area contributed by atoms with E-state index in [0.717, 1.165) is 25.7 Å². The van der Waals surface area contributed by atoms with Gasteiger partial charge in [-0.15, -0.1) is 15.0 Å². The summed E-state index contributed by atoms with van der Waals surface area (Å²) in [6.45, 7) is 1.14. The van der Waals surface area contributed by atoms with Gasteiger partial charge in [-0.25, -0.2) is 0 Å². The second-order valence-electron chi connectivity index (χ2n) is 6.93. The number of hydrogen-bond acceptors (Lipinski definition) is 5.